The highest BCUT2D eigenvalue weighted by Gasteiger charge is 2.27. The minimum Gasteiger partial charge on any atom is -0.493 e. The summed E-state index contributed by atoms with van der Waals surface area (Å²) in [5.74, 6) is -0.576. The van der Waals surface area contributed by atoms with Gasteiger partial charge in [0.25, 0.3) is 0 Å². The van der Waals surface area contributed by atoms with Gasteiger partial charge in [0.15, 0.2) is 23.9 Å². The molecule has 1 rings (SSSR count). The van der Waals surface area contributed by atoms with Crippen molar-refractivity contribution in [1.82, 2.24) is 0 Å². The molecule has 0 heterocycles. The fourth-order valence-electron chi connectivity index (χ4n) is 1.89. The first-order chi connectivity index (χ1) is 12.3. The highest BCUT2D eigenvalue weighted by atomic mass is 16.5. The van der Waals surface area contributed by atoms with Crippen molar-refractivity contribution in [1.29, 1.82) is 0 Å². The first-order valence-electron chi connectivity index (χ1n) is 8.59. The van der Waals surface area contributed by atoms with Crippen molar-refractivity contribution in [2.75, 3.05) is 26.1 Å². The normalized spacial score (nSPS) is 11.6. The molecule has 7 heteroatoms. The van der Waals surface area contributed by atoms with E-state index in [0.29, 0.717) is 11.5 Å². The molecular weight excluding hydrogens is 350 g/mol. The number of Topliss-reactive ketones (excluding diaryl/α,β-unsaturated/α-hetero) is 1. The van der Waals surface area contributed by atoms with E-state index >= 15 is 0 Å². The summed E-state index contributed by atoms with van der Waals surface area (Å²) in [7, 11) is 2.89. The summed E-state index contributed by atoms with van der Waals surface area (Å²) in [4.78, 5) is 37.0. The minimum absolute atomic E-state index is 0.0759. The third-order valence-electron chi connectivity index (χ3n) is 3.84. The number of carbonyl (C=O) groups excluding carboxylic acids is 3. The van der Waals surface area contributed by atoms with Crippen molar-refractivity contribution in [2.45, 2.75) is 41.5 Å². The second-order valence-electron chi connectivity index (χ2n) is 8.21. The highest BCUT2D eigenvalue weighted by molar-refractivity contribution is 6.04. The molecule has 0 saturated carbocycles. The van der Waals surface area contributed by atoms with E-state index in [9.17, 15) is 14.4 Å². The largest absolute Gasteiger partial charge is 0.493 e. The van der Waals surface area contributed by atoms with Crippen LogP contribution in [-0.2, 0) is 14.3 Å². The lowest BCUT2D eigenvalue weighted by Gasteiger charge is -2.21. The number of methoxy groups -OCH3 is 2. The molecule has 0 aromatic heterocycles. The smallest absolute Gasteiger partial charge is 0.340 e. The van der Waals surface area contributed by atoms with Gasteiger partial charge < -0.3 is 19.5 Å². The van der Waals surface area contributed by atoms with Crippen LogP contribution in [0.3, 0.4) is 0 Å². The number of rotatable bonds is 6. The molecule has 150 valence electrons. The van der Waals surface area contributed by atoms with E-state index in [1.165, 1.54) is 26.4 Å². The fourth-order valence-corrected chi connectivity index (χ4v) is 1.89. The molecule has 1 amide bonds. The molecule has 0 aliphatic heterocycles. The van der Waals surface area contributed by atoms with E-state index in [2.05, 4.69) is 5.32 Å². The Morgan fingerprint density at radius 2 is 1.41 bits per heavy atom. The van der Waals surface area contributed by atoms with Crippen LogP contribution in [0.5, 0.6) is 11.5 Å². The standard InChI is InChI=1S/C20H29NO6/c1-19(2,3)16(22)11-27-17(23)12-9-14(25-7)15(26-8)10-13(12)21-18(24)20(4,5)6/h9-10H,11H2,1-8H3,(H,21,24). The van der Waals surface area contributed by atoms with Crippen LogP contribution in [0, 0.1) is 10.8 Å². The van der Waals surface area contributed by atoms with Gasteiger partial charge in [-0.05, 0) is 0 Å². The monoisotopic (exact) mass is 379 g/mol. The highest BCUT2D eigenvalue weighted by Crippen LogP contribution is 2.34. The summed E-state index contributed by atoms with van der Waals surface area (Å²) in [6, 6.07) is 2.91. The molecule has 0 fully saturated rings. The summed E-state index contributed by atoms with van der Waals surface area (Å²) in [5, 5.41) is 2.72. The van der Waals surface area contributed by atoms with Crippen LogP contribution in [0.25, 0.3) is 0 Å². The molecule has 7 nitrogen and oxygen atoms in total. The molecule has 0 atom stereocenters. The van der Waals surface area contributed by atoms with Gasteiger partial charge in [-0.2, -0.15) is 0 Å². The average molecular weight is 379 g/mol. The zero-order chi connectivity index (χ0) is 21.0. The predicted molar refractivity (Wildman–Crippen MR) is 102 cm³/mol. The first kappa shape index (κ1) is 22.5. The van der Waals surface area contributed by atoms with Crippen LogP contribution in [0.1, 0.15) is 51.9 Å². The molecule has 0 saturated heterocycles. The van der Waals surface area contributed by atoms with Gasteiger partial charge in [0, 0.05) is 23.0 Å². The Hall–Kier alpha value is -2.57. The van der Waals surface area contributed by atoms with Gasteiger partial charge in [-0.15, -0.1) is 0 Å². The van der Waals surface area contributed by atoms with Crippen molar-refractivity contribution in [3.8, 4) is 11.5 Å². The third-order valence-corrected chi connectivity index (χ3v) is 3.84. The van der Waals surface area contributed by atoms with Gasteiger partial charge >= 0.3 is 5.97 Å². The average Bonchev–Trinajstić information content (AvgIpc) is 2.56. The first-order valence-corrected chi connectivity index (χ1v) is 8.59. The zero-order valence-electron chi connectivity index (χ0n) is 17.3. The van der Waals surface area contributed by atoms with Crippen molar-refractivity contribution in [3.63, 3.8) is 0 Å². The number of benzene rings is 1. The van der Waals surface area contributed by atoms with Crippen LogP contribution < -0.4 is 14.8 Å². The molecule has 1 aromatic rings. The van der Waals surface area contributed by atoms with Gasteiger partial charge in [0.05, 0.1) is 25.5 Å². The maximum absolute atomic E-state index is 12.6. The van der Waals surface area contributed by atoms with E-state index in [4.69, 9.17) is 14.2 Å². The number of anilines is 1. The molecule has 0 spiro atoms. The molecular formula is C20H29NO6. The SMILES string of the molecule is COc1cc(NC(=O)C(C)(C)C)c(C(=O)OCC(=O)C(C)(C)C)cc1OC. The Morgan fingerprint density at radius 1 is 0.889 bits per heavy atom. The molecule has 0 aliphatic rings. The van der Waals surface area contributed by atoms with E-state index < -0.39 is 16.8 Å². The van der Waals surface area contributed by atoms with Gasteiger partial charge in [-0.1, -0.05) is 41.5 Å². The number of esters is 1. The maximum Gasteiger partial charge on any atom is 0.340 e. The fraction of sp³-hybridized carbons (Fsp3) is 0.550. The number of ether oxygens (including phenoxy) is 3. The second kappa shape index (κ2) is 8.41. The Kier molecular flexibility index (Phi) is 7.00. The van der Waals surface area contributed by atoms with E-state index in [1.54, 1.807) is 41.5 Å². The lowest BCUT2D eigenvalue weighted by atomic mass is 9.91. The molecule has 1 N–H and O–H groups in total. The molecule has 0 bridgehead atoms. The Balaban J connectivity index is 3.23. The molecule has 1 aromatic carbocycles. The Labute approximate surface area is 160 Å². The third kappa shape index (κ3) is 5.98. The summed E-state index contributed by atoms with van der Waals surface area (Å²) >= 11 is 0. The number of hydrogen-bond acceptors (Lipinski definition) is 6. The predicted octanol–water partition coefficient (Wildman–Crippen LogP) is 3.46. The summed E-state index contributed by atoms with van der Waals surface area (Å²) in [6.45, 7) is 10.1. The van der Waals surface area contributed by atoms with Crippen LogP contribution in [0.4, 0.5) is 5.69 Å². The van der Waals surface area contributed by atoms with Crippen LogP contribution in [0.2, 0.25) is 0 Å². The van der Waals surface area contributed by atoms with Crippen LogP contribution in [-0.4, -0.2) is 38.5 Å². The van der Waals surface area contributed by atoms with Gasteiger partial charge in [-0.25, -0.2) is 4.79 Å². The van der Waals surface area contributed by atoms with Gasteiger partial charge in [-0.3, -0.25) is 9.59 Å². The van der Waals surface area contributed by atoms with E-state index in [-0.39, 0.29) is 29.5 Å². The molecule has 0 aliphatic carbocycles. The minimum atomic E-state index is -0.738. The molecule has 27 heavy (non-hydrogen) atoms. The van der Waals surface area contributed by atoms with E-state index in [1.807, 2.05) is 0 Å². The maximum atomic E-state index is 12.6. The van der Waals surface area contributed by atoms with Gasteiger partial charge in [0.1, 0.15) is 0 Å². The lowest BCUT2D eigenvalue weighted by molar-refractivity contribution is -0.129. The number of nitrogens with one attached hydrogen (secondary N) is 1. The van der Waals surface area contributed by atoms with E-state index in [0.717, 1.165) is 0 Å². The van der Waals surface area contributed by atoms with Crippen LogP contribution >= 0.6 is 0 Å². The molecule has 0 radical (unpaired) electrons. The number of ketones is 1. The number of hydrogen-bond donors (Lipinski definition) is 1. The summed E-state index contributed by atoms with van der Waals surface area (Å²) in [5.41, 5.74) is -0.995. The van der Waals surface area contributed by atoms with Crippen LogP contribution in [0.15, 0.2) is 12.1 Å². The quantitative estimate of drug-likeness (QED) is 0.761. The summed E-state index contributed by atoms with van der Waals surface area (Å²) < 4.78 is 15.6. The van der Waals surface area contributed by atoms with Crippen molar-refractivity contribution < 1.29 is 28.6 Å². The summed E-state index contributed by atoms with van der Waals surface area (Å²) in [6.07, 6.45) is 0. The molecule has 0 unspecified atom stereocenters. The Morgan fingerprint density at radius 3 is 1.85 bits per heavy atom. The lowest BCUT2D eigenvalue weighted by Crippen LogP contribution is -2.29. The number of amides is 1. The second-order valence-corrected chi connectivity index (χ2v) is 8.21. The topological polar surface area (TPSA) is 90.9 Å². The van der Waals surface area contributed by atoms with Crippen molar-refractivity contribution in [3.05, 3.63) is 17.7 Å². The van der Waals surface area contributed by atoms with Crippen molar-refractivity contribution in [2.24, 2.45) is 10.8 Å². The van der Waals surface area contributed by atoms with Crippen molar-refractivity contribution >= 4 is 23.3 Å². The zero-order valence-corrected chi connectivity index (χ0v) is 17.3. The number of carbonyl (C=O) groups is 3. The van der Waals surface area contributed by atoms with Gasteiger partial charge in [0.2, 0.25) is 5.91 Å². The Bertz CT molecular complexity index is 725.